The number of anilines is 2. The zero-order valence-corrected chi connectivity index (χ0v) is 13.8. The highest BCUT2D eigenvalue weighted by atomic mass is 19.1. The van der Waals surface area contributed by atoms with E-state index in [2.05, 4.69) is 20.3 Å². The third-order valence-electron chi connectivity index (χ3n) is 3.95. The van der Waals surface area contributed by atoms with Crippen molar-refractivity contribution in [2.45, 2.75) is 0 Å². The summed E-state index contributed by atoms with van der Waals surface area (Å²) in [6.45, 7) is 0. The monoisotopic (exact) mass is 361 g/mol. The Balaban J connectivity index is 1.66. The Morgan fingerprint density at radius 3 is 2.63 bits per heavy atom. The number of halogens is 1. The van der Waals surface area contributed by atoms with Gasteiger partial charge in [-0.2, -0.15) is 0 Å². The molecular weight excluding hydrogens is 349 g/mol. The maximum absolute atomic E-state index is 14.2. The van der Waals surface area contributed by atoms with Crippen LogP contribution >= 0.6 is 0 Å². The van der Waals surface area contributed by atoms with E-state index in [0.717, 1.165) is 17.1 Å². The summed E-state index contributed by atoms with van der Waals surface area (Å²) in [5, 5.41) is 14.6. The van der Waals surface area contributed by atoms with Gasteiger partial charge < -0.3 is 5.32 Å². The smallest absolute Gasteiger partial charge is 0.269 e. The van der Waals surface area contributed by atoms with Crippen LogP contribution < -0.4 is 5.32 Å². The van der Waals surface area contributed by atoms with Crippen molar-refractivity contribution in [2.24, 2.45) is 0 Å². The van der Waals surface area contributed by atoms with Gasteiger partial charge in [-0.05, 0) is 36.4 Å². The molecule has 7 nitrogen and oxygen atoms in total. The summed E-state index contributed by atoms with van der Waals surface area (Å²) < 4.78 is 14.2. The Morgan fingerprint density at radius 1 is 1.04 bits per heavy atom. The predicted octanol–water partition coefficient (Wildman–Crippen LogP) is 4.48. The molecule has 8 heteroatoms. The van der Waals surface area contributed by atoms with Gasteiger partial charge in [0.15, 0.2) is 17.5 Å². The molecule has 0 saturated heterocycles. The molecule has 2 aromatic heterocycles. The summed E-state index contributed by atoms with van der Waals surface area (Å²) in [5.41, 5.74) is 2.00. The summed E-state index contributed by atoms with van der Waals surface area (Å²) in [6.07, 6.45) is 2.77. The van der Waals surface area contributed by atoms with Crippen LogP contribution in [0.3, 0.4) is 0 Å². The Morgan fingerprint density at radius 2 is 1.85 bits per heavy atom. The minimum absolute atomic E-state index is 0.0154. The standard InChI is InChI=1S/C19H12FN5O2/c20-16-11-22-18(12-3-6-15(7-4-12)25(26)27)24-19(16)23-14-5-8-17-13(10-14)2-1-9-21-17/h1-11H,(H,22,23,24). The zero-order valence-electron chi connectivity index (χ0n) is 13.8. The molecule has 0 amide bonds. The molecule has 0 unspecified atom stereocenters. The van der Waals surface area contributed by atoms with Crippen LogP contribution in [0, 0.1) is 15.9 Å². The number of fused-ring (bicyclic) bond motifs is 1. The minimum atomic E-state index is -0.605. The zero-order chi connectivity index (χ0) is 18.8. The maximum Gasteiger partial charge on any atom is 0.269 e. The number of benzene rings is 2. The van der Waals surface area contributed by atoms with Gasteiger partial charge in [-0.15, -0.1) is 0 Å². The first-order chi connectivity index (χ1) is 13.1. The van der Waals surface area contributed by atoms with Gasteiger partial charge in [0.05, 0.1) is 16.6 Å². The molecule has 2 heterocycles. The number of nitro groups is 1. The fraction of sp³-hybridized carbons (Fsp3) is 0. The van der Waals surface area contributed by atoms with Crippen molar-refractivity contribution in [3.05, 3.63) is 82.9 Å². The summed E-state index contributed by atoms with van der Waals surface area (Å²) in [4.78, 5) is 22.7. The number of rotatable bonds is 4. The lowest BCUT2D eigenvalue weighted by atomic mass is 10.2. The molecule has 0 atom stereocenters. The van der Waals surface area contributed by atoms with E-state index in [1.54, 1.807) is 12.3 Å². The quantitative estimate of drug-likeness (QED) is 0.425. The number of pyridine rings is 1. The molecule has 0 aliphatic carbocycles. The van der Waals surface area contributed by atoms with Gasteiger partial charge in [-0.1, -0.05) is 6.07 Å². The molecule has 2 aromatic carbocycles. The van der Waals surface area contributed by atoms with Crippen molar-refractivity contribution >= 4 is 28.1 Å². The first-order valence-electron chi connectivity index (χ1n) is 7.99. The van der Waals surface area contributed by atoms with Crippen molar-refractivity contribution in [3.8, 4) is 11.4 Å². The molecule has 132 valence electrons. The lowest BCUT2D eigenvalue weighted by molar-refractivity contribution is -0.384. The average Bonchev–Trinajstić information content (AvgIpc) is 2.69. The average molecular weight is 361 g/mol. The summed E-state index contributed by atoms with van der Waals surface area (Å²) in [6, 6.07) is 14.9. The number of nitrogens with one attached hydrogen (secondary N) is 1. The number of aromatic nitrogens is 3. The molecule has 0 bridgehead atoms. The lowest BCUT2D eigenvalue weighted by Gasteiger charge is -2.09. The first-order valence-corrected chi connectivity index (χ1v) is 7.99. The van der Waals surface area contributed by atoms with Gasteiger partial charge in [0.2, 0.25) is 0 Å². The molecule has 0 aliphatic heterocycles. The molecule has 0 spiro atoms. The first kappa shape index (κ1) is 16.5. The highest BCUT2D eigenvalue weighted by molar-refractivity contribution is 5.83. The second kappa shape index (κ2) is 6.75. The van der Waals surface area contributed by atoms with Crippen LogP contribution in [0.15, 0.2) is 67.0 Å². The van der Waals surface area contributed by atoms with E-state index in [1.165, 1.54) is 24.3 Å². The van der Waals surface area contributed by atoms with Gasteiger partial charge in [-0.25, -0.2) is 14.4 Å². The van der Waals surface area contributed by atoms with Crippen LogP contribution in [0.5, 0.6) is 0 Å². The molecule has 0 saturated carbocycles. The predicted molar refractivity (Wildman–Crippen MR) is 99.1 cm³/mol. The topological polar surface area (TPSA) is 93.8 Å². The third-order valence-corrected chi connectivity index (χ3v) is 3.95. The van der Waals surface area contributed by atoms with Crippen LogP contribution in [0.25, 0.3) is 22.3 Å². The molecule has 0 aliphatic rings. The van der Waals surface area contributed by atoms with Crippen molar-refractivity contribution < 1.29 is 9.31 Å². The SMILES string of the molecule is O=[N+]([O-])c1ccc(-c2ncc(F)c(Nc3ccc4ncccc4c3)n2)cc1. The fourth-order valence-corrected chi connectivity index (χ4v) is 2.62. The Kier molecular flexibility index (Phi) is 4.13. The van der Waals surface area contributed by atoms with E-state index in [-0.39, 0.29) is 17.3 Å². The highest BCUT2D eigenvalue weighted by Gasteiger charge is 2.11. The number of hydrogen-bond donors (Lipinski definition) is 1. The van der Waals surface area contributed by atoms with Crippen molar-refractivity contribution in [1.29, 1.82) is 0 Å². The van der Waals surface area contributed by atoms with Crippen molar-refractivity contribution in [2.75, 3.05) is 5.32 Å². The number of hydrogen-bond acceptors (Lipinski definition) is 6. The van der Waals surface area contributed by atoms with Gasteiger partial charge in [0, 0.05) is 35.0 Å². The van der Waals surface area contributed by atoms with Gasteiger partial charge in [0.1, 0.15) is 0 Å². The van der Waals surface area contributed by atoms with Gasteiger partial charge >= 0.3 is 0 Å². The van der Waals surface area contributed by atoms with Gasteiger partial charge in [-0.3, -0.25) is 15.1 Å². The van der Waals surface area contributed by atoms with Crippen molar-refractivity contribution in [3.63, 3.8) is 0 Å². The third kappa shape index (κ3) is 3.40. The molecule has 4 aromatic rings. The molecule has 4 rings (SSSR count). The van der Waals surface area contributed by atoms with E-state index in [0.29, 0.717) is 11.3 Å². The second-order valence-electron chi connectivity index (χ2n) is 5.73. The van der Waals surface area contributed by atoms with Crippen LogP contribution in [-0.2, 0) is 0 Å². The van der Waals surface area contributed by atoms with Gasteiger partial charge in [0.25, 0.3) is 5.69 Å². The molecule has 0 fully saturated rings. The van der Waals surface area contributed by atoms with E-state index in [4.69, 9.17) is 0 Å². The van der Waals surface area contributed by atoms with Crippen molar-refractivity contribution in [1.82, 2.24) is 15.0 Å². The Labute approximate surface area is 152 Å². The lowest BCUT2D eigenvalue weighted by Crippen LogP contribution is -2.01. The highest BCUT2D eigenvalue weighted by Crippen LogP contribution is 2.25. The van der Waals surface area contributed by atoms with E-state index < -0.39 is 10.7 Å². The Hall–Kier alpha value is -3.94. The summed E-state index contributed by atoms with van der Waals surface area (Å²) in [5.74, 6) is -0.329. The maximum atomic E-state index is 14.2. The number of non-ortho nitro benzene ring substituents is 1. The fourth-order valence-electron chi connectivity index (χ4n) is 2.62. The van der Waals surface area contributed by atoms with Crippen LogP contribution in [0.2, 0.25) is 0 Å². The molecule has 1 N–H and O–H groups in total. The normalized spacial score (nSPS) is 10.7. The Bertz CT molecular complexity index is 1150. The molecular formula is C19H12FN5O2. The largest absolute Gasteiger partial charge is 0.338 e. The second-order valence-corrected chi connectivity index (χ2v) is 5.73. The molecule has 0 radical (unpaired) electrons. The minimum Gasteiger partial charge on any atom is -0.338 e. The number of nitrogens with zero attached hydrogens (tertiary/aromatic N) is 4. The summed E-state index contributed by atoms with van der Waals surface area (Å²) in [7, 11) is 0. The van der Waals surface area contributed by atoms with Crippen LogP contribution in [0.4, 0.5) is 21.6 Å². The summed E-state index contributed by atoms with van der Waals surface area (Å²) >= 11 is 0. The van der Waals surface area contributed by atoms with Crippen LogP contribution in [0.1, 0.15) is 0 Å². The van der Waals surface area contributed by atoms with E-state index in [1.807, 2.05) is 24.3 Å². The van der Waals surface area contributed by atoms with Crippen LogP contribution in [-0.4, -0.2) is 19.9 Å². The number of nitro benzene ring substituents is 1. The van der Waals surface area contributed by atoms with E-state index in [9.17, 15) is 14.5 Å². The molecule has 27 heavy (non-hydrogen) atoms. The van der Waals surface area contributed by atoms with E-state index >= 15 is 0 Å².